The number of nitrogens with zero attached hydrogens (tertiary/aromatic N) is 4. The lowest BCUT2D eigenvalue weighted by Gasteiger charge is -2.30. The third-order valence-corrected chi connectivity index (χ3v) is 5.46. The van der Waals surface area contributed by atoms with E-state index in [0.717, 1.165) is 17.6 Å². The van der Waals surface area contributed by atoms with Gasteiger partial charge >= 0.3 is 0 Å². The van der Waals surface area contributed by atoms with Gasteiger partial charge in [0, 0.05) is 34.2 Å². The Labute approximate surface area is 162 Å². The maximum absolute atomic E-state index is 4.46. The van der Waals surface area contributed by atoms with Gasteiger partial charge in [0.15, 0.2) is 5.96 Å². The van der Waals surface area contributed by atoms with Crippen molar-refractivity contribution in [2.45, 2.75) is 44.2 Å². The van der Waals surface area contributed by atoms with Crippen LogP contribution in [0.15, 0.2) is 41.5 Å². The molecule has 0 bridgehead atoms. The number of rotatable bonds is 5. The molecule has 2 aromatic rings. The molecule has 1 aromatic heterocycles. The van der Waals surface area contributed by atoms with Crippen LogP contribution in [-0.2, 0) is 13.6 Å². The zero-order valence-corrected chi connectivity index (χ0v) is 16.9. The quantitative estimate of drug-likeness (QED) is 0.629. The second-order valence-electron chi connectivity index (χ2n) is 7.53. The molecule has 0 radical (unpaired) electrons. The highest BCUT2D eigenvalue weighted by molar-refractivity contribution is 5.79. The van der Waals surface area contributed by atoms with Crippen LogP contribution in [0.3, 0.4) is 0 Å². The topological polar surface area (TPSA) is 57.5 Å². The number of benzene rings is 1. The average Bonchev–Trinajstić information content (AvgIpc) is 3.07. The molecule has 0 atom stereocenters. The molecule has 1 aliphatic rings. The molecule has 0 saturated heterocycles. The van der Waals surface area contributed by atoms with Gasteiger partial charge < -0.3 is 20.1 Å². The number of anilines is 1. The highest BCUT2D eigenvalue weighted by Gasteiger charge is 2.22. The summed E-state index contributed by atoms with van der Waals surface area (Å²) in [7, 11) is 7.89. The molecule has 0 spiro atoms. The molecule has 6 heteroatoms. The number of imidazole rings is 1. The number of guanidine groups is 1. The molecule has 0 aliphatic heterocycles. The molecule has 3 rings (SSSR count). The van der Waals surface area contributed by atoms with Crippen molar-refractivity contribution in [3.63, 3.8) is 0 Å². The Bertz CT molecular complexity index is 741. The Kier molecular flexibility index (Phi) is 6.37. The second kappa shape index (κ2) is 8.93. The minimum absolute atomic E-state index is 0.486. The van der Waals surface area contributed by atoms with E-state index in [1.807, 2.05) is 39.3 Å². The normalized spacial score (nSPS) is 20.4. The lowest BCUT2D eigenvalue weighted by atomic mass is 9.82. The summed E-state index contributed by atoms with van der Waals surface area (Å²) >= 11 is 0. The van der Waals surface area contributed by atoms with Crippen LogP contribution in [0.25, 0.3) is 0 Å². The van der Waals surface area contributed by atoms with E-state index < -0.39 is 0 Å². The molecular formula is C21H32N6. The minimum atomic E-state index is 0.486. The Hall–Kier alpha value is -2.50. The zero-order chi connectivity index (χ0) is 19.2. The van der Waals surface area contributed by atoms with Crippen molar-refractivity contribution < 1.29 is 0 Å². The summed E-state index contributed by atoms with van der Waals surface area (Å²) in [6.07, 6.45) is 6.73. The monoisotopic (exact) mass is 368 g/mol. The summed E-state index contributed by atoms with van der Waals surface area (Å²) in [5, 5.41) is 7.02. The number of hydrogen-bond donors (Lipinski definition) is 2. The average molecular weight is 369 g/mol. The van der Waals surface area contributed by atoms with Crippen molar-refractivity contribution >= 4 is 11.9 Å². The molecule has 1 heterocycles. The van der Waals surface area contributed by atoms with E-state index in [0.29, 0.717) is 18.5 Å². The summed E-state index contributed by atoms with van der Waals surface area (Å²) < 4.78 is 2.10. The maximum atomic E-state index is 4.46. The van der Waals surface area contributed by atoms with Gasteiger partial charge in [0.25, 0.3) is 0 Å². The van der Waals surface area contributed by atoms with Crippen molar-refractivity contribution in [1.29, 1.82) is 0 Å². The first-order valence-corrected chi connectivity index (χ1v) is 9.78. The molecule has 6 nitrogen and oxygen atoms in total. The van der Waals surface area contributed by atoms with Gasteiger partial charge in [-0.25, -0.2) is 4.98 Å². The molecule has 1 aliphatic carbocycles. The Morgan fingerprint density at radius 1 is 1.19 bits per heavy atom. The first-order valence-electron chi connectivity index (χ1n) is 9.78. The fourth-order valence-electron chi connectivity index (χ4n) is 3.87. The first kappa shape index (κ1) is 19.3. The second-order valence-corrected chi connectivity index (χ2v) is 7.53. The fraction of sp³-hybridized carbons (Fsp3) is 0.524. The predicted molar refractivity (Wildman–Crippen MR) is 112 cm³/mol. The number of aromatic nitrogens is 2. The van der Waals surface area contributed by atoms with E-state index in [1.54, 1.807) is 0 Å². The van der Waals surface area contributed by atoms with Crippen molar-refractivity contribution in [2.24, 2.45) is 12.0 Å². The summed E-state index contributed by atoms with van der Waals surface area (Å²) in [6.45, 7) is 0.705. The fourth-order valence-corrected chi connectivity index (χ4v) is 3.87. The van der Waals surface area contributed by atoms with E-state index >= 15 is 0 Å². The Morgan fingerprint density at radius 3 is 2.48 bits per heavy atom. The van der Waals surface area contributed by atoms with Crippen LogP contribution < -0.4 is 15.5 Å². The van der Waals surface area contributed by atoms with Crippen LogP contribution in [0.2, 0.25) is 0 Å². The SMILES string of the molecule is CN=C(NCc1cnc(N(C)C)n1C)NC1CCC(c2ccccc2)CC1. The standard InChI is InChI=1S/C21H32N6/c1-22-20(23-14-19-15-24-21(26(2)3)27(19)4)25-18-12-10-17(11-13-18)16-8-6-5-7-9-16/h5-9,15,17-18H,10-14H2,1-4H3,(H2,22,23,25). The molecule has 0 amide bonds. The number of nitrogens with one attached hydrogen (secondary N) is 2. The highest BCUT2D eigenvalue weighted by atomic mass is 15.3. The lowest BCUT2D eigenvalue weighted by Crippen LogP contribution is -2.44. The third-order valence-electron chi connectivity index (χ3n) is 5.46. The summed E-state index contributed by atoms with van der Waals surface area (Å²) in [4.78, 5) is 10.9. The van der Waals surface area contributed by atoms with Gasteiger partial charge in [0.2, 0.25) is 5.95 Å². The maximum Gasteiger partial charge on any atom is 0.204 e. The van der Waals surface area contributed by atoms with Crippen molar-refractivity contribution in [3.8, 4) is 0 Å². The van der Waals surface area contributed by atoms with Crippen molar-refractivity contribution in [2.75, 3.05) is 26.0 Å². The van der Waals surface area contributed by atoms with Gasteiger partial charge in [0.1, 0.15) is 0 Å². The molecule has 2 N–H and O–H groups in total. The molecular weight excluding hydrogens is 336 g/mol. The first-order chi connectivity index (χ1) is 13.1. The van der Waals surface area contributed by atoms with Crippen LogP contribution in [0.5, 0.6) is 0 Å². The molecule has 1 saturated carbocycles. The van der Waals surface area contributed by atoms with Crippen LogP contribution in [0, 0.1) is 0 Å². The summed E-state index contributed by atoms with van der Waals surface area (Å²) in [5.74, 6) is 2.51. The van der Waals surface area contributed by atoms with E-state index in [1.165, 1.54) is 31.2 Å². The van der Waals surface area contributed by atoms with Crippen LogP contribution in [0.1, 0.15) is 42.9 Å². The van der Waals surface area contributed by atoms with Gasteiger partial charge in [-0.05, 0) is 37.2 Å². The number of aliphatic imine (C=N–C) groups is 1. The molecule has 27 heavy (non-hydrogen) atoms. The summed E-state index contributed by atoms with van der Waals surface area (Å²) in [6, 6.07) is 11.4. The van der Waals surface area contributed by atoms with Gasteiger partial charge in [0.05, 0.1) is 18.4 Å². The van der Waals surface area contributed by atoms with Gasteiger partial charge in [-0.15, -0.1) is 0 Å². The zero-order valence-electron chi connectivity index (χ0n) is 16.9. The van der Waals surface area contributed by atoms with Crippen molar-refractivity contribution in [3.05, 3.63) is 47.8 Å². The van der Waals surface area contributed by atoms with E-state index in [4.69, 9.17) is 0 Å². The summed E-state index contributed by atoms with van der Waals surface area (Å²) in [5.41, 5.74) is 2.61. The van der Waals surface area contributed by atoms with Gasteiger partial charge in [-0.1, -0.05) is 30.3 Å². The molecule has 0 unspecified atom stereocenters. The molecule has 1 aromatic carbocycles. The van der Waals surface area contributed by atoms with Crippen LogP contribution in [0.4, 0.5) is 5.95 Å². The minimum Gasteiger partial charge on any atom is -0.354 e. The van der Waals surface area contributed by atoms with E-state index in [-0.39, 0.29) is 0 Å². The Morgan fingerprint density at radius 2 is 1.89 bits per heavy atom. The van der Waals surface area contributed by atoms with Gasteiger partial charge in [-0.3, -0.25) is 4.99 Å². The number of hydrogen-bond acceptors (Lipinski definition) is 3. The smallest absolute Gasteiger partial charge is 0.204 e. The molecule has 1 fully saturated rings. The van der Waals surface area contributed by atoms with E-state index in [2.05, 4.69) is 55.5 Å². The van der Waals surface area contributed by atoms with E-state index in [9.17, 15) is 0 Å². The third kappa shape index (κ3) is 4.81. The van der Waals surface area contributed by atoms with Crippen LogP contribution in [-0.4, -0.2) is 42.7 Å². The predicted octanol–water partition coefficient (Wildman–Crippen LogP) is 2.88. The van der Waals surface area contributed by atoms with Crippen LogP contribution >= 0.6 is 0 Å². The van der Waals surface area contributed by atoms with Crippen molar-refractivity contribution in [1.82, 2.24) is 20.2 Å². The van der Waals surface area contributed by atoms with Gasteiger partial charge in [-0.2, -0.15) is 0 Å². The molecule has 146 valence electrons. The lowest BCUT2D eigenvalue weighted by molar-refractivity contribution is 0.371. The highest BCUT2D eigenvalue weighted by Crippen LogP contribution is 2.32. The largest absolute Gasteiger partial charge is 0.354 e. The Balaban J connectivity index is 1.49.